The summed E-state index contributed by atoms with van der Waals surface area (Å²) in [5.41, 5.74) is 2.16. The van der Waals surface area contributed by atoms with E-state index in [1.807, 2.05) is 0 Å². The van der Waals surface area contributed by atoms with Crippen molar-refractivity contribution in [2.24, 2.45) is 0 Å². The molecular formula is C25H32FN5O2. The number of nitrogens with one attached hydrogen (secondary N) is 2. The lowest BCUT2D eigenvalue weighted by Crippen LogP contribution is -2.14. The van der Waals surface area contributed by atoms with Crippen molar-refractivity contribution in [3.05, 3.63) is 72.3 Å². The summed E-state index contributed by atoms with van der Waals surface area (Å²) < 4.78 is 18.5. The first-order chi connectivity index (χ1) is 15.8. The first-order valence-corrected chi connectivity index (χ1v) is 11.0. The van der Waals surface area contributed by atoms with Crippen LogP contribution in [0.25, 0.3) is 0 Å². The van der Waals surface area contributed by atoms with Gasteiger partial charge in [0.1, 0.15) is 11.6 Å². The summed E-state index contributed by atoms with van der Waals surface area (Å²) in [7, 11) is 0. The monoisotopic (exact) mass is 453 g/mol. The lowest BCUT2D eigenvalue weighted by Gasteiger charge is -2.15. The highest BCUT2D eigenvalue weighted by Crippen LogP contribution is 2.24. The van der Waals surface area contributed by atoms with E-state index in [1.54, 1.807) is 37.5 Å². The Kier molecular flexibility index (Phi) is 10.4. The number of ether oxygens (including phenoxy) is 1. The van der Waals surface area contributed by atoms with Gasteiger partial charge in [-0.1, -0.05) is 13.8 Å². The zero-order chi connectivity index (χ0) is 24.2. The molecule has 0 aliphatic heterocycles. The number of benzene rings is 1. The van der Waals surface area contributed by atoms with Gasteiger partial charge in [0.25, 0.3) is 5.91 Å². The SMILES string of the molecule is CCC(C)OC(C)CC.Cc1ncc(C(=O)Nc2ccncc2Nc2ccc(F)cc2)cn1. The molecule has 2 unspecified atom stereocenters. The molecule has 0 saturated heterocycles. The molecule has 3 aromatic rings. The fourth-order valence-electron chi connectivity index (χ4n) is 2.59. The average Bonchev–Trinajstić information content (AvgIpc) is 2.82. The highest BCUT2D eigenvalue weighted by atomic mass is 19.1. The zero-order valence-corrected chi connectivity index (χ0v) is 19.8. The van der Waals surface area contributed by atoms with Gasteiger partial charge in [-0.3, -0.25) is 9.78 Å². The van der Waals surface area contributed by atoms with Crippen LogP contribution in [0.2, 0.25) is 0 Å². The van der Waals surface area contributed by atoms with Gasteiger partial charge in [-0.15, -0.1) is 0 Å². The third-order valence-electron chi connectivity index (χ3n) is 4.85. The van der Waals surface area contributed by atoms with E-state index in [2.05, 4.69) is 53.3 Å². The standard InChI is InChI=1S/C17H14FN5O.C8H18O/c1-11-20-8-12(9-21-11)17(24)23-15-6-7-19-10-16(15)22-14-4-2-13(18)3-5-14;1-5-7(3)9-8(4)6-2/h2-10,22H,1H3,(H,19,23,24);7-8H,5-6H2,1-4H3. The molecule has 176 valence electrons. The van der Waals surface area contributed by atoms with Crippen LogP contribution in [0.5, 0.6) is 0 Å². The Labute approximate surface area is 194 Å². The predicted molar refractivity (Wildman–Crippen MR) is 129 cm³/mol. The predicted octanol–water partition coefficient (Wildman–Crippen LogP) is 5.92. The van der Waals surface area contributed by atoms with E-state index in [9.17, 15) is 9.18 Å². The molecule has 2 heterocycles. The van der Waals surface area contributed by atoms with Crippen molar-refractivity contribution in [1.82, 2.24) is 15.0 Å². The van der Waals surface area contributed by atoms with Crippen molar-refractivity contribution in [2.75, 3.05) is 10.6 Å². The Morgan fingerprint density at radius 2 is 1.58 bits per heavy atom. The average molecular weight is 454 g/mol. The third-order valence-corrected chi connectivity index (χ3v) is 4.85. The molecule has 3 rings (SSSR count). The minimum absolute atomic E-state index is 0.320. The minimum Gasteiger partial charge on any atom is -0.376 e. The second kappa shape index (κ2) is 13.2. The zero-order valence-electron chi connectivity index (χ0n) is 19.8. The van der Waals surface area contributed by atoms with Crippen molar-refractivity contribution < 1.29 is 13.9 Å². The van der Waals surface area contributed by atoms with E-state index >= 15 is 0 Å². The summed E-state index contributed by atoms with van der Waals surface area (Å²) in [5, 5.41) is 5.87. The quantitative estimate of drug-likeness (QED) is 0.440. The molecule has 1 aromatic carbocycles. The second-order valence-electron chi connectivity index (χ2n) is 7.60. The van der Waals surface area contributed by atoms with Gasteiger partial charge in [0, 0.05) is 24.3 Å². The van der Waals surface area contributed by atoms with Crippen molar-refractivity contribution in [2.45, 2.75) is 59.7 Å². The van der Waals surface area contributed by atoms with E-state index < -0.39 is 0 Å². The number of carbonyl (C=O) groups is 1. The molecule has 0 spiro atoms. The highest BCUT2D eigenvalue weighted by Gasteiger charge is 2.10. The third kappa shape index (κ3) is 8.94. The number of rotatable bonds is 8. The molecule has 2 atom stereocenters. The molecule has 2 aromatic heterocycles. The lowest BCUT2D eigenvalue weighted by atomic mass is 10.2. The summed E-state index contributed by atoms with van der Waals surface area (Å²) in [5.74, 6) is -0.0582. The summed E-state index contributed by atoms with van der Waals surface area (Å²) in [6.45, 7) is 10.3. The lowest BCUT2D eigenvalue weighted by molar-refractivity contribution is 0.00511. The summed E-state index contributed by atoms with van der Waals surface area (Å²) in [4.78, 5) is 24.3. The normalized spacial score (nSPS) is 12.2. The van der Waals surface area contributed by atoms with Crippen LogP contribution in [0.15, 0.2) is 55.1 Å². The number of hydrogen-bond donors (Lipinski definition) is 2. The maximum absolute atomic E-state index is 13.0. The molecule has 8 heteroatoms. The second-order valence-corrected chi connectivity index (χ2v) is 7.60. The summed E-state index contributed by atoms with van der Waals surface area (Å²) in [6.07, 6.45) is 9.16. The summed E-state index contributed by atoms with van der Waals surface area (Å²) >= 11 is 0. The van der Waals surface area contributed by atoms with E-state index in [0.29, 0.717) is 40.7 Å². The Hall–Kier alpha value is -3.39. The Morgan fingerprint density at radius 3 is 2.15 bits per heavy atom. The van der Waals surface area contributed by atoms with Crippen LogP contribution in [-0.4, -0.2) is 33.1 Å². The van der Waals surface area contributed by atoms with Gasteiger partial charge in [0.2, 0.25) is 0 Å². The molecule has 0 radical (unpaired) electrons. The van der Waals surface area contributed by atoms with Crippen molar-refractivity contribution >= 4 is 23.0 Å². The van der Waals surface area contributed by atoms with Gasteiger partial charge in [-0.2, -0.15) is 0 Å². The van der Waals surface area contributed by atoms with E-state index in [-0.39, 0.29) is 11.7 Å². The van der Waals surface area contributed by atoms with Crippen molar-refractivity contribution in [3.63, 3.8) is 0 Å². The van der Waals surface area contributed by atoms with Gasteiger partial charge >= 0.3 is 0 Å². The Balaban J connectivity index is 0.000000365. The molecule has 0 saturated carbocycles. The number of halogens is 1. The van der Waals surface area contributed by atoms with E-state index in [0.717, 1.165) is 12.8 Å². The maximum atomic E-state index is 13.0. The molecular weight excluding hydrogens is 421 g/mol. The first-order valence-electron chi connectivity index (χ1n) is 11.0. The minimum atomic E-state index is -0.330. The fraction of sp³-hybridized carbons (Fsp3) is 0.360. The van der Waals surface area contributed by atoms with Gasteiger partial charge in [-0.05, 0) is 63.9 Å². The van der Waals surface area contributed by atoms with Gasteiger partial charge < -0.3 is 15.4 Å². The van der Waals surface area contributed by atoms with Crippen LogP contribution < -0.4 is 10.6 Å². The number of aryl methyl sites for hydroxylation is 1. The van der Waals surface area contributed by atoms with Crippen LogP contribution in [0.1, 0.15) is 56.7 Å². The number of nitrogens with zero attached hydrogens (tertiary/aromatic N) is 3. The fourth-order valence-corrected chi connectivity index (χ4v) is 2.59. The molecule has 2 N–H and O–H groups in total. The van der Waals surface area contributed by atoms with Crippen molar-refractivity contribution in [1.29, 1.82) is 0 Å². The number of amides is 1. The van der Waals surface area contributed by atoms with Crippen LogP contribution in [0, 0.1) is 12.7 Å². The van der Waals surface area contributed by atoms with Crippen molar-refractivity contribution in [3.8, 4) is 0 Å². The number of carbonyl (C=O) groups excluding carboxylic acids is 1. The van der Waals surface area contributed by atoms with E-state index in [4.69, 9.17) is 4.74 Å². The molecule has 0 aliphatic rings. The smallest absolute Gasteiger partial charge is 0.258 e. The Bertz CT molecular complexity index is 988. The molecule has 1 amide bonds. The first kappa shape index (κ1) is 25.9. The van der Waals surface area contributed by atoms with Crippen LogP contribution in [0.3, 0.4) is 0 Å². The van der Waals surface area contributed by atoms with Gasteiger partial charge in [0.05, 0.1) is 35.3 Å². The van der Waals surface area contributed by atoms with Crippen LogP contribution in [-0.2, 0) is 4.74 Å². The van der Waals surface area contributed by atoms with E-state index in [1.165, 1.54) is 24.5 Å². The van der Waals surface area contributed by atoms with Crippen LogP contribution in [0.4, 0.5) is 21.5 Å². The summed E-state index contributed by atoms with van der Waals surface area (Å²) in [6, 6.07) is 7.56. The van der Waals surface area contributed by atoms with Gasteiger partial charge in [0.15, 0.2) is 0 Å². The Morgan fingerprint density at radius 1 is 0.970 bits per heavy atom. The number of aromatic nitrogens is 3. The topological polar surface area (TPSA) is 89.0 Å². The molecule has 0 fully saturated rings. The largest absolute Gasteiger partial charge is 0.376 e. The van der Waals surface area contributed by atoms with Crippen LogP contribution >= 0.6 is 0 Å². The molecule has 7 nitrogen and oxygen atoms in total. The maximum Gasteiger partial charge on any atom is 0.258 e. The molecule has 33 heavy (non-hydrogen) atoms. The molecule has 0 aliphatic carbocycles. The highest BCUT2D eigenvalue weighted by molar-refractivity contribution is 6.05. The number of pyridine rings is 1. The number of anilines is 3. The molecule has 0 bridgehead atoms. The number of hydrogen-bond acceptors (Lipinski definition) is 6. The van der Waals surface area contributed by atoms with Gasteiger partial charge in [-0.25, -0.2) is 14.4 Å².